The van der Waals surface area contributed by atoms with Crippen LogP contribution in [0, 0.1) is 5.92 Å². The molecular formula is C17H27ClN2. The topological polar surface area (TPSA) is 16.1 Å². The fraction of sp³-hybridized carbons (Fsp3) is 0.706. The zero-order chi connectivity index (χ0) is 14.9. The van der Waals surface area contributed by atoms with Crippen LogP contribution in [0.15, 0.2) is 12.1 Å². The lowest BCUT2D eigenvalue weighted by atomic mass is 9.91. The Morgan fingerprint density at radius 2 is 1.95 bits per heavy atom. The predicted octanol–water partition coefficient (Wildman–Crippen LogP) is 4.74. The first kappa shape index (κ1) is 15.6. The summed E-state index contributed by atoms with van der Waals surface area (Å²) in [5, 5.41) is 0. The molecule has 112 valence electrons. The van der Waals surface area contributed by atoms with Gasteiger partial charge in [-0.05, 0) is 50.3 Å². The van der Waals surface area contributed by atoms with Crippen molar-refractivity contribution in [3.05, 3.63) is 23.4 Å². The average Bonchev–Trinajstić information content (AvgIpc) is 3.17. The van der Waals surface area contributed by atoms with E-state index in [1.54, 1.807) is 0 Å². The van der Waals surface area contributed by atoms with Crippen LogP contribution in [-0.2, 0) is 11.3 Å². The van der Waals surface area contributed by atoms with Crippen molar-refractivity contribution in [3.8, 4) is 0 Å². The van der Waals surface area contributed by atoms with Gasteiger partial charge in [0.1, 0.15) is 5.82 Å². The summed E-state index contributed by atoms with van der Waals surface area (Å²) in [5.74, 6) is 2.50. The van der Waals surface area contributed by atoms with E-state index >= 15 is 0 Å². The first-order chi connectivity index (χ1) is 9.31. The molecule has 0 N–H and O–H groups in total. The molecule has 3 heteroatoms. The van der Waals surface area contributed by atoms with Gasteiger partial charge in [-0.25, -0.2) is 4.98 Å². The predicted molar refractivity (Wildman–Crippen MR) is 87.7 cm³/mol. The Morgan fingerprint density at radius 1 is 1.30 bits per heavy atom. The first-order valence-electron chi connectivity index (χ1n) is 7.65. The van der Waals surface area contributed by atoms with E-state index in [0.717, 1.165) is 24.0 Å². The van der Waals surface area contributed by atoms with Crippen LogP contribution < -0.4 is 4.90 Å². The van der Waals surface area contributed by atoms with Gasteiger partial charge in [0.25, 0.3) is 0 Å². The van der Waals surface area contributed by atoms with E-state index in [1.165, 1.54) is 18.4 Å². The largest absolute Gasteiger partial charge is 0.354 e. The number of rotatable bonds is 5. The van der Waals surface area contributed by atoms with Crippen molar-refractivity contribution in [1.29, 1.82) is 0 Å². The van der Waals surface area contributed by atoms with Crippen LogP contribution in [-0.4, -0.2) is 17.6 Å². The van der Waals surface area contributed by atoms with Gasteiger partial charge >= 0.3 is 0 Å². The lowest BCUT2D eigenvalue weighted by Crippen LogP contribution is -2.34. The number of pyridine rings is 1. The van der Waals surface area contributed by atoms with E-state index in [9.17, 15) is 0 Å². The second-order valence-electron chi connectivity index (χ2n) is 7.29. The Bertz CT molecular complexity index is 459. The molecular weight excluding hydrogens is 268 g/mol. The summed E-state index contributed by atoms with van der Waals surface area (Å²) in [7, 11) is 0. The number of aromatic nitrogens is 1. The molecule has 0 saturated heterocycles. The normalized spacial score (nSPS) is 15.8. The minimum atomic E-state index is 0.0546. The van der Waals surface area contributed by atoms with Gasteiger partial charge in [-0.2, -0.15) is 0 Å². The zero-order valence-electron chi connectivity index (χ0n) is 13.4. The number of nitrogens with zero attached hydrogens (tertiary/aromatic N) is 2. The fourth-order valence-corrected chi connectivity index (χ4v) is 2.48. The Labute approximate surface area is 128 Å². The molecule has 1 aliphatic carbocycles. The number of hydrogen-bond acceptors (Lipinski definition) is 2. The summed E-state index contributed by atoms with van der Waals surface area (Å²) < 4.78 is 0. The van der Waals surface area contributed by atoms with Gasteiger partial charge in [0.05, 0.1) is 0 Å². The monoisotopic (exact) mass is 294 g/mol. The summed E-state index contributed by atoms with van der Waals surface area (Å²) >= 11 is 6.08. The van der Waals surface area contributed by atoms with Crippen molar-refractivity contribution in [1.82, 2.24) is 4.98 Å². The molecule has 1 fully saturated rings. The molecule has 0 amide bonds. The lowest BCUT2D eigenvalue weighted by molar-refractivity contribution is 0.562. The third-order valence-electron chi connectivity index (χ3n) is 3.86. The van der Waals surface area contributed by atoms with E-state index in [2.05, 4.69) is 51.7 Å². The molecule has 20 heavy (non-hydrogen) atoms. The van der Waals surface area contributed by atoms with E-state index in [-0.39, 0.29) is 5.41 Å². The van der Waals surface area contributed by atoms with Crippen LogP contribution in [0.1, 0.15) is 58.7 Å². The van der Waals surface area contributed by atoms with Crippen molar-refractivity contribution in [2.45, 2.75) is 64.8 Å². The van der Waals surface area contributed by atoms with E-state index in [0.29, 0.717) is 11.9 Å². The van der Waals surface area contributed by atoms with E-state index in [1.807, 2.05) is 0 Å². The molecule has 2 nitrogen and oxygen atoms in total. The molecule has 0 bridgehead atoms. The molecule has 0 radical (unpaired) electrons. The Hall–Kier alpha value is -0.760. The summed E-state index contributed by atoms with van der Waals surface area (Å²) in [6.07, 6.45) is 2.73. The zero-order valence-corrected chi connectivity index (χ0v) is 14.2. The number of halogens is 1. The van der Waals surface area contributed by atoms with E-state index < -0.39 is 0 Å². The third-order valence-corrected chi connectivity index (χ3v) is 4.17. The fourth-order valence-electron chi connectivity index (χ4n) is 2.33. The molecule has 0 atom stereocenters. The number of hydrogen-bond donors (Lipinski definition) is 0. The molecule has 0 unspecified atom stereocenters. The highest BCUT2D eigenvalue weighted by Crippen LogP contribution is 2.33. The maximum Gasteiger partial charge on any atom is 0.129 e. The molecule has 2 rings (SSSR count). The molecule has 1 aliphatic rings. The maximum absolute atomic E-state index is 6.08. The van der Waals surface area contributed by atoms with Crippen molar-refractivity contribution in [2.75, 3.05) is 11.4 Å². The molecule has 1 aromatic rings. The van der Waals surface area contributed by atoms with Crippen LogP contribution in [0.2, 0.25) is 0 Å². The number of alkyl halides is 1. The van der Waals surface area contributed by atoms with Crippen LogP contribution in [0.5, 0.6) is 0 Å². The van der Waals surface area contributed by atoms with Crippen LogP contribution >= 0.6 is 11.6 Å². The highest BCUT2D eigenvalue weighted by molar-refractivity contribution is 6.17. The molecule has 0 spiro atoms. The summed E-state index contributed by atoms with van der Waals surface area (Å²) in [5.41, 5.74) is 2.36. The summed E-state index contributed by atoms with van der Waals surface area (Å²) in [4.78, 5) is 7.36. The first-order valence-corrected chi connectivity index (χ1v) is 8.18. The highest BCUT2D eigenvalue weighted by atomic mass is 35.5. The smallest absolute Gasteiger partial charge is 0.129 e. The van der Waals surface area contributed by atoms with Crippen molar-refractivity contribution in [3.63, 3.8) is 0 Å². The highest BCUT2D eigenvalue weighted by Gasteiger charge is 2.27. The van der Waals surface area contributed by atoms with Crippen LogP contribution in [0.4, 0.5) is 5.82 Å². The second-order valence-corrected chi connectivity index (χ2v) is 7.56. The quantitative estimate of drug-likeness (QED) is 0.729. The van der Waals surface area contributed by atoms with Crippen LogP contribution in [0.25, 0.3) is 0 Å². The van der Waals surface area contributed by atoms with Gasteiger partial charge in [-0.3, -0.25) is 0 Å². The van der Waals surface area contributed by atoms with Crippen LogP contribution in [0.3, 0.4) is 0 Å². The molecule has 1 heterocycles. The molecule has 1 aromatic heterocycles. The summed E-state index contributed by atoms with van der Waals surface area (Å²) in [6.45, 7) is 12.2. The minimum Gasteiger partial charge on any atom is -0.354 e. The van der Waals surface area contributed by atoms with Crippen molar-refractivity contribution in [2.24, 2.45) is 5.92 Å². The van der Waals surface area contributed by atoms with Gasteiger partial charge in [0.2, 0.25) is 0 Å². The Kier molecular flexibility index (Phi) is 4.63. The average molecular weight is 295 g/mol. The van der Waals surface area contributed by atoms with Crippen molar-refractivity contribution >= 4 is 17.4 Å². The summed E-state index contributed by atoms with van der Waals surface area (Å²) in [6, 6.07) is 4.78. The van der Waals surface area contributed by atoms with Gasteiger partial charge in [0.15, 0.2) is 0 Å². The Balaban J connectivity index is 2.36. The maximum atomic E-state index is 6.08. The Morgan fingerprint density at radius 3 is 2.40 bits per heavy atom. The van der Waals surface area contributed by atoms with E-state index in [4.69, 9.17) is 16.6 Å². The number of anilines is 1. The molecule has 0 aromatic carbocycles. The molecule has 1 saturated carbocycles. The van der Waals surface area contributed by atoms with Gasteiger partial charge < -0.3 is 4.90 Å². The van der Waals surface area contributed by atoms with Crippen molar-refractivity contribution < 1.29 is 0 Å². The molecule has 0 aliphatic heterocycles. The minimum absolute atomic E-state index is 0.0546. The van der Waals surface area contributed by atoms with Gasteiger partial charge in [0, 0.05) is 29.6 Å². The van der Waals surface area contributed by atoms with Gasteiger partial charge in [-0.1, -0.05) is 20.8 Å². The van der Waals surface area contributed by atoms with Gasteiger partial charge in [-0.15, -0.1) is 11.6 Å². The standard InChI is InChI=1S/C17H27ClN2/c1-12(2)20(11-13-6-7-13)16-9-14(10-18)8-15(19-16)17(3,4)5/h8-9,12-13H,6-7,10-11H2,1-5H3. The lowest BCUT2D eigenvalue weighted by Gasteiger charge is -2.30. The second kappa shape index (κ2) is 5.93. The third kappa shape index (κ3) is 3.88. The SMILES string of the molecule is CC(C)N(CC1CC1)c1cc(CCl)cc(C(C)(C)C)n1.